The molecule has 16 heavy (non-hydrogen) atoms. The molecule has 0 radical (unpaired) electrons. The SMILES string of the molecule is Cc1nc(N)nc(CSc2ccccc2)n1. The van der Waals surface area contributed by atoms with Crippen molar-refractivity contribution < 1.29 is 0 Å². The van der Waals surface area contributed by atoms with Crippen LogP contribution >= 0.6 is 11.8 Å². The summed E-state index contributed by atoms with van der Waals surface area (Å²) in [4.78, 5) is 13.4. The zero-order valence-electron chi connectivity index (χ0n) is 8.92. The lowest BCUT2D eigenvalue weighted by molar-refractivity contribution is 0.923. The predicted octanol–water partition coefficient (Wildman–Crippen LogP) is 2.05. The molecule has 0 atom stereocenters. The highest BCUT2D eigenvalue weighted by Gasteiger charge is 2.02. The van der Waals surface area contributed by atoms with Crippen LogP contribution in [0.3, 0.4) is 0 Å². The molecular weight excluding hydrogens is 220 g/mol. The third-order valence-corrected chi connectivity index (χ3v) is 2.93. The number of hydrogen-bond donors (Lipinski definition) is 1. The van der Waals surface area contributed by atoms with Crippen LogP contribution in [0.25, 0.3) is 0 Å². The summed E-state index contributed by atoms with van der Waals surface area (Å²) in [6, 6.07) is 10.1. The number of nitrogens with zero attached hydrogens (tertiary/aromatic N) is 3. The van der Waals surface area contributed by atoms with Gasteiger partial charge in [-0.2, -0.15) is 9.97 Å². The highest BCUT2D eigenvalue weighted by atomic mass is 32.2. The maximum absolute atomic E-state index is 5.56. The molecule has 2 N–H and O–H groups in total. The summed E-state index contributed by atoms with van der Waals surface area (Å²) in [6.45, 7) is 1.81. The van der Waals surface area contributed by atoms with Gasteiger partial charge in [-0.15, -0.1) is 11.8 Å². The molecule has 0 amide bonds. The average Bonchev–Trinajstić information content (AvgIpc) is 2.27. The summed E-state index contributed by atoms with van der Waals surface area (Å²) in [5.74, 6) is 2.38. The van der Waals surface area contributed by atoms with E-state index in [4.69, 9.17) is 5.73 Å². The van der Waals surface area contributed by atoms with Crippen LogP contribution in [0.2, 0.25) is 0 Å². The summed E-state index contributed by atoms with van der Waals surface area (Å²) >= 11 is 1.68. The van der Waals surface area contributed by atoms with E-state index in [-0.39, 0.29) is 5.95 Å². The van der Waals surface area contributed by atoms with Gasteiger partial charge in [0.2, 0.25) is 5.95 Å². The van der Waals surface area contributed by atoms with E-state index in [1.54, 1.807) is 11.8 Å². The number of anilines is 1. The van der Waals surface area contributed by atoms with Crippen molar-refractivity contribution in [3.63, 3.8) is 0 Å². The molecule has 1 heterocycles. The Balaban J connectivity index is 2.05. The van der Waals surface area contributed by atoms with Crippen LogP contribution < -0.4 is 5.73 Å². The number of hydrogen-bond acceptors (Lipinski definition) is 5. The van der Waals surface area contributed by atoms with Crippen molar-refractivity contribution in [2.24, 2.45) is 0 Å². The highest BCUT2D eigenvalue weighted by Crippen LogP contribution is 2.20. The molecule has 0 aliphatic carbocycles. The van der Waals surface area contributed by atoms with Crippen LogP contribution in [0.4, 0.5) is 5.95 Å². The molecule has 0 aliphatic heterocycles. The van der Waals surface area contributed by atoms with Crippen LogP contribution in [-0.4, -0.2) is 15.0 Å². The molecule has 1 aromatic heterocycles. The fourth-order valence-electron chi connectivity index (χ4n) is 1.29. The maximum Gasteiger partial charge on any atom is 0.223 e. The lowest BCUT2D eigenvalue weighted by atomic mass is 10.4. The summed E-state index contributed by atoms with van der Waals surface area (Å²) in [5, 5.41) is 0. The number of rotatable bonds is 3. The Hall–Kier alpha value is -1.62. The van der Waals surface area contributed by atoms with E-state index in [0.29, 0.717) is 11.6 Å². The molecule has 1 aromatic carbocycles. The second-order valence-electron chi connectivity index (χ2n) is 3.26. The number of nitrogen functional groups attached to an aromatic ring is 1. The van der Waals surface area contributed by atoms with Crippen molar-refractivity contribution in [1.82, 2.24) is 15.0 Å². The molecule has 0 aliphatic rings. The van der Waals surface area contributed by atoms with Crippen LogP contribution in [0.15, 0.2) is 35.2 Å². The van der Waals surface area contributed by atoms with Gasteiger partial charge in [0.15, 0.2) is 0 Å². The fraction of sp³-hybridized carbons (Fsp3) is 0.182. The van der Waals surface area contributed by atoms with Crippen LogP contribution in [-0.2, 0) is 5.75 Å². The smallest absolute Gasteiger partial charge is 0.223 e. The Morgan fingerprint density at radius 2 is 1.88 bits per heavy atom. The lowest BCUT2D eigenvalue weighted by Gasteiger charge is -2.02. The first-order chi connectivity index (χ1) is 7.74. The van der Waals surface area contributed by atoms with Gasteiger partial charge in [0.25, 0.3) is 0 Å². The van der Waals surface area contributed by atoms with E-state index < -0.39 is 0 Å². The Morgan fingerprint density at radius 1 is 1.12 bits per heavy atom. The van der Waals surface area contributed by atoms with Gasteiger partial charge in [-0.25, -0.2) is 4.98 Å². The summed E-state index contributed by atoms with van der Waals surface area (Å²) in [7, 11) is 0. The topological polar surface area (TPSA) is 64.7 Å². The normalized spacial score (nSPS) is 10.3. The van der Waals surface area contributed by atoms with Crippen molar-refractivity contribution in [2.75, 3.05) is 5.73 Å². The van der Waals surface area contributed by atoms with E-state index in [0.717, 1.165) is 5.82 Å². The van der Waals surface area contributed by atoms with Crippen molar-refractivity contribution in [3.05, 3.63) is 42.0 Å². The molecule has 0 saturated carbocycles. The first-order valence-electron chi connectivity index (χ1n) is 4.89. The molecular formula is C11H12N4S. The number of aryl methyl sites for hydroxylation is 1. The van der Waals surface area contributed by atoms with Crippen molar-refractivity contribution >= 4 is 17.7 Å². The Labute approximate surface area is 98.3 Å². The Kier molecular flexibility index (Phi) is 3.36. The van der Waals surface area contributed by atoms with Crippen LogP contribution in [0.5, 0.6) is 0 Å². The van der Waals surface area contributed by atoms with Gasteiger partial charge in [-0.3, -0.25) is 0 Å². The molecule has 2 rings (SSSR count). The summed E-state index contributed by atoms with van der Waals surface area (Å²) < 4.78 is 0. The standard InChI is InChI=1S/C11H12N4S/c1-8-13-10(15-11(12)14-8)7-16-9-5-3-2-4-6-9/h2-6H,7H2,1H3,(H2,12,13,14,15). The summed E-state index contributed by atoms with van der Waals surface area (Å²) in [6.07, 6.45) is 0. The molecule has 5 heteroatoms. The quantitative estimate of drug-likeness (QED) is 0.820. The molecule has 2 aromatic rings. The minimum Gasteiger partial charge on any atom is -0.368 e. The zero-order valence-corrected chi connectivity index (χ0v) is 9.74. The number of thioether (sulfide) groups is 1. The number of aromatic nitrogens is 3. The molecule has 0 fully saturated rings. The first kappa shape index (κ1) is 10.9. The van der Waals surface area contributed by atoms with Crippen molar-refractivity contribution in [1.29, 1.82) is 0 Å². The zero-order chi connectivity index (χ0) is 11.4. The minimum absolute atomic E-state index is 0.288. The number of nitrogens with two attached hydrogens (primary N) is 1. The van der Waals surface area contributed by atoms with E-state index in [2.05, 4.69) is 27.1 Å². The van der Waals surface area contributed by atoms with E-state index in [1.807, 2.05) is 25.1 Å². The Bertz CT molecular complexity index is 452. The van der Waals surface area contributed by atoms with Gasteiger partial charge in [-0.05, 0) is 19.1 Å². The monoisotopic (exact) mass is 232 g/mol. The summed E-state index contributed by atoms with van der Waals surface area (Å²) in [5.41, 5.74) is 5.56. The first-order valence-corrected chi connectivity index (χ1v) is 5.87. The fourth-order valence-corrected chi connectivity index (χ4v) is 2.06. The third kappa shape index (κ3) is 2.93. The Morgan fingerprint density at radius 3 is 2.56 bits per heavy atom. The predicted molar refractivity (Wildman–Crippen MR) is 65.0 cm³/mol. The van der Waals surface area contributed by atoms with Gasteiger partial charge in [-0.1, -0.05) is 18.2 Å². The molecule has 4 nitrogen and oxygen atoms in total. The van der Waals surface area contributed by atoms with Crippen LogP contribution in [0.1, 0.15) is 11.6 Å². The minimum atomic E-state index is 0.288. The van der Waals surface area contributed by atoms with Crippen molar-refractivity contribution in [2.45, 2.75) is 17.6 Å². The molecule has 0 unspecified atom stereocenters. The van der Waals surface area contributed by atoms with Gasteiger partial charge in [0, 0.05) is 4.90 Å². The van der Waals surface area contributed by atoms with Gasteiger partial charge >= 0.3 is 0 Å². The van der Waals surface area contributed by atoms with Crippen LogP contribution in [0, 0.1) is 6.92 Å². The van der Waals surface area contributed by atoms with E-state index in [1.165, 1.54) is 4.90 Å². The third-order valence-electron chi connectivity index (χ3n) is 1.92. The van der Waals surface area contributed by atoms with Crippen molar-refractivity contribution in [3.8, 4) is 0 Å². The largest absolute Gasteiger partial charge is 0.368 e. The molecule has 0 spiro atoms. The van der Waals surface area contributed by atoms with Gasteiger partial charge in [0.1, 0.15) is 11.6 Å². The second kappa shape index (κ2) is 4.94. The molecule has 0 saturated heterocycles. The number of benzene rings is 1. The van der Waals surface area contributed by atoms with E-state index >= 15 is 0 Å². The maximum atomic E-state index is 5.56. The average molecular weight is 232 g/mol. The molecule has 82 valence electrons. The van der Waals surface area contributed by atoms with Gasteiger partial charge < -0.3 is 5.73 Å². The lowest BCUT2D eigenvalue weighted by Crippen LogP contribution is -2.03. The second-order valence-corrected chi connectivity index (χ2v) is 4.31. The van der Waals surface area contributed by atoms with Gasteiger partial charge in [0.05, 0.1) is 5.75 Å². The molecule has 0 bridgehead atoms. The highest BCUT2D eigenvalue weighted by molar-refractivity contribution is 7.98. The van der Waals surface area contributed by atoms with E-state index in [9.17, 15) is 0 Å².